The first-order valence-corrected chi connectivity index (χ1v) is 6.48. The molecule has 0 aliphatic heterocycles. The Morgan fingerprint density at radius 2 is 2.47 bits per heavy atom. The summed E-state index contributed by atoms with van der Waals surface area (Å²) >= 11 is 1.38. The summed E-state index contributed by atoms with van der Waals surface area (Å²) in [6.45, 7) is 2.42. The van der Waals surface area contributed by atoms with Gasteiger partial charge < -0.3 is 10.2 Å². The number of urea groups is 1. The molecule has 0 atom stereocenters. The fourth-order valence-corrected chi connectivity index (χ4v) is 2.39. The van der Waals surface area contributed by atoms with Crippen LogP contribution in [0.5, 0.6) is 0 Å². The molecule has 2 rings (SSSR count). The molecule has 0 unspecified atom stereocenters. The summed E-state index contributed by atoms with van der Waals surface area (Å²) in [5.74, 6) is 0. The molecule has 1 heterocycles. The number of anilines is 1. The van der Waals surface area contributed by atoms with Crippen molar-refractivity contribution >= 4 is 38.9 Å². The monoisotopic (exact) mass is 277 g/mol. The van der Waals surface area contributed by atoms with Crippen LogP contribution in [0.3, 0.4) is 0 Å². The van der Waals surface area contributed by atoms with Crippen LogP contribution in [-0.2, 0) is 4.84 Å². The number of oxime groups is 1. The highest BCUT2D eigenvalue weighted by Gasteiger charge is 2.09. The molecule has 0 aliphatic carbocycles. The quantitative estimate of drug-likeness (QED) is 0.664. The maximum atomic E-state index is 11.4. The molecule has 0 saturated heterocycles. The minimum atomic E-state index is -0.266. The first kappa shape index (κ1) is 13.3. The number of carbonyl (C=O) groups is 1. The molecule has 0 bridgehead atoms. The van der Waals surface area contributed by atoms with Crippen molar-refractivity contribution in [1.82, 2.24) is 10.3 Å². The number of thiazole rings is 1. The minimum Gasteiger partial charge on any atom is -0.399 e. The van der Waals surface area contributed by atoms with E-state index in [-0.39, 0.29) is 6.03 Å². The van der Waals surface area contributed by atoms with E-state index in [2.05, 4.69) is 31.7 Å². The van der Waals surface area contributed by atoms with Crippen LogP contribution in [0.25, 0.3) is 10.2 Å². The second-order valence-electron chi connectivity index (χ2n) is 3.55. The van der Waals surface area contributed by atoms with Gasteiger partial charge in [0.25, 0.3) is 0 Å². The van der Waals surface area contributed by atoms with Crippen LogP contribution >= 0.6 is 11.3 Å². The van der Waals surface area contributed by atoms with E-state index < -0.39 is 0 Å². The molecule has 0 aliphatic rings. The second-order valence-corrected chi connectivity index (χ2v) is 4.54. The van der Waals surface area contributed by atoms with Crippen molar-refractivity contribution in [1.29, 1.82) is 0 Å². The summed E-state index contributed by atoms with van der Waals surface area (Å²) in [5.41, 5.74) is 1.61. The van der Waals surface area contributed by atoms with Crippen molar-refractivity contribution in [3.05, 3.63) is 23.8 Å². The second kappa shape index (κ2) is 6.14. The zero-order valence-corrected chi connectivity index (χ0v) is 11.4. The summed E-state index contributed by atoms with van der Waals surface area (Å²) in [6, 6.07) is 6.26. The first-order chi connectivity index (χ1) is 9.24. The predicted molar refractivity (Wildman–Crippen MR) is 75.8 cm³/mol. The number of nitrogens with one attached hydrogen (secondary N) is 2. The van der Waals surface area contributed by atoms with Crippen LogP contribution in [0.1, 0.15) is 12.5 Å². The zero-order chi connectivity index (χ0) is 13.7. The van der Waals surface area contributed by atoms with Gasteiger partial charge in [-0.2, -0.15) is 0 Å². The van der Waals surface area contributed by atoms with Crippen molar-refractivity contribution in [3.63, 3.8) is 0 Å². The average molecular weight is 277 g/mol. The number of benzene rings is 1. The maximum Gasteiger partial charge on any atom is 0.321 e. The number of hydrogen-bond acceptors (Lipinski definition) is 5. The summed E-state index contributed by atoms with van der Waals surface area (Å²) in [5, 5.41) is 9.59. The number of carbonyl (C=O) groups excluding carboxylic acids is 1. The van der Waals surface area contributed by atoms with Gasteiger partial charge >= 0.3 is 6.03 Å². The normalized spacial score (nSPS) is 10.8. The molecule has 19 heavy (non-hydrogen) atoms. The molecule has 7 heteroatoms. The summed E-state index contributed by atoms with van der Waals surface area (Å²) in [4.78, 5) is 20.4. The number of rotatable bonds is 4. The lowest BCUT2D eigenvalue weighted by molar-refractivity contribution is 0.215. The highest BCUT2D eigenvalue weighted by Crippen LogP contribution is 2.28. The van der Waals surface area contributed by atoms with E-state index in [1.165, 1.54) is 18.4 Å². The highest BCUT2D eigenvalue weighted by atomic mass is 32.1. The molecule has 99 valence electrons. The van der Waals surface area contributed by atoms with Crippen molar-refractivity contribution in [2.45, 2.75) is 6.92 Å². The van der Waals surface area contributed by atoms with Crippen molar-refractivity contribution in [2.24, 2.45) is 5.16 Å². The summed E-state index contributed by atoms with van der Waals surface area (Å²) in [6.07, 6.45) is 1.59. The van der Waals surface area contributed by atoms with Gasteiger partial charge in [-0.1, -0.05) is 16.5 Å². The topological polar surface area (TPSA) is 75.6 Å². The number of hydrogen-bond donors (Lipinski definition) is 2. The van der Waals surface area contributed by atoms with E-state index in [1.807, 2.05) is 6.92 Å². The van der Waals surface area contributed by atoms with Crippen LogP contribution in [-0.4, -0.2) is 30.9 Å². The van der Waals surface area contributed by atoms with E-state index in [9.17, 15) is 4.79 Å². The largest absolute Gasteiger partial charge is 0.399 e. The number of amides is 2. The Balaban J connectivity index is 2.29. The molecular weight excluding hydrogens is 264 g/mol. The zero-order valence-electron chi connectivity index (χ0n) is 10.6. The molecule has 0 spiro atoms. The van der Waals surface area contributed by atoms with Gasteiger partial charge in [0.1, 0.15) is 7.11 Å². The smallest absolute Gasteiger partial charge is 0.321 e. The van der Waals surface area contributed by atoms with E-state index in [4.69, 9.17) is 0 Å². The Labute approximate surface area is 114 Å². The van der Waals surface area contributed by atoms with Gasteiger partial charge in [0.2, 0.25) is 0 Å². The van der Waals surface area contributed by atoms with E-state index in [1.54, 1.807) is 18.3 Å². The maximum absolute atomic E-state index is 11.4. The van der Waals surface area contributed by atoms with Gasteiger partial charge in [-0.25, -0.2) is 9.78 Å². The molecule has 2 N–H and O–H groups in total. The lowest BCUT2D eigenvalue weighted by Crippen LogP contribution is -2.28. The fourth-order valence-electron chi connectivity index (χ4n) is 1.47. The third kappa shape index (κ3) is 3.19. The number of nitrogens with zero attached hydrogens (tertiary/aromatic N) is 2. The van der Waals surface area contributed by atoms with Crippen molar-refractivity contribution in [3.8, 4) is 0 Å². The predicted octanol–water partition coefficient (Wildman–Crippen LogP) is 2.22. The molecule has 0 fully saturated rings. The molecule has 1 aromatic heterocycles. The van der Waals surface area contributed by atoms with Gasteiger partial charge in [0, 0.05) is 12.1 Å². The molecule has 1 aromatic carbocycles. The molecular formula is C12H13N4O2S. The number of aromatic nitrogens is 1. The van der Waals surface area contributed by atoms with Gasteiger partial charge in [-0.05, 0) is 25.1 Å². The number of fused-ring (bicyclic) bond motifs is 1. The standard InChI is InChI=1S/C12H13N4O2S/c1-3-13-11(17)16-12-15-9-6-4-5-8(7-14-18-2)10(9)19-12/h5-7H,3H2,1-2H3,(H2,13,15,16,17)/b14-7+. The van der Waals surface area contributed by atoms with Crippen LogP contribution in [0.2, 0.25) is 0 Å². The molecule has 1 radical (unpaired) electrons. The third-order valence-electron chi connectivity index (χ3n) is 2.23. The Morgan fingerprint density at radius 1 is 1.63 bits per heavy atom. The van der Waals surface area contributed by atoms with E-state index in [0.29, 0.717) is 11.7 Å². The Bertz CT molecular complexity index is 609. The van der Waals surface area contributed by atoms with Crippen molar-refractivity contribution in [2.75, 3.05) is 19.0 Å². The molecule has 0 saturated carbocycles. The fraction of sp³-hybridized carbons (Fsp3) is 0.250. The van der Waals surface area contributed by atoms with Crippen molar-refractivity contribution < 1.29 is 9.63 Å². The van der Waals surface area contributed by atoms with Gasteiger partial charge in [-0.15, -0.1) is 0 Å². The lowest BCUT2D eigenvalue weighted by Gasteiger charge is -2.00. The average Bonchev–Trinajstić information content (AvgIpc) is 2.79. The Hall–Kier alpha value is -2.15. The Morgan fingerprint density at radius 3 is 3.21 bits per heavy atom. The van der Waals surface area contributed by atoms with Crippen LogP contribution in [0.4, 0.5) is 9.93 Å². The van der Waals surface area contributed by atoms with E-state index >= 15 is 0 Å². The van der Waals surface area contributed by atoms with Gasteiger partial charge in [-0.3, -0.25) is 5.32 Å². The molecule has 2 amide bonds. The minimum absolute atomic E-state index is 0.266. The molecule has 6 nitrogen and oxygen atoms in total. The highest BCUT2D eigenvalue weighted by molar-refractivity contribution is 7.22. The first-order valence-electron chi connectivity index (χ1n) is 5.66. The SMILES string of the molecule is CCNC(=O)Nc1nc2c[c]cc(/C=N/OC)c2s1. The van der Waals surface area contributed by atoms with Crippen LogP contribution in [0, 0.1) is 6.07 Å². The van der Waals surface area contributed by atoms with Gasteiger partial charge in [0.15, 0.2) is 5.13 Å². The molecule has 2 aromatic rings. The lowest BCUT2D eigenvalue weighted by atomic mass is 10.2. The Kier molecular flexibility index (Phi) is 4.30. The summed E-state index contributed by atoms with van der Waals surface area (Å²) < 4.78 is 0.923. The van der Waals surface area contributed by atoms with Crippen LogP contribution < -0.4 is 10.6 Å². The summed E-state index contributed by atoms with van der Waals surface area (Å²) in [7, 11) is 1.48. The van der Waals surface area contributed by atoms with Gasteiger partial charge in [0.05, 0.1) is 16.4 Å². The van der Waals surface area contributed by atoms with Crippen LogP contribution in [0.15, 0.2) is 17.3 Å². The van der Waals surface area contributed by atoms with E-state index in [0.717, 1.165) is 15.8 Å². The third-order valence-corrected chi connectivity index (χ3v) is 3.27.